The minimum absolute atomic E-state index is 0.0229. The Morgan fingerprint density at radius 3 is 2.41 bits per heavy atom. The van der Waals surface area contributed by atoms with Crippen LogP contribution in [0.4, 0.5) is 5.69 Å². The molecule has 0 atom stereocenters. The standard InChI is InChI=1S/C32H42ClN3O3/c1-34-22-23-39-29-12-6-5-11-25(29)10-4-2-7-15-32(31(34)38)16-20-36(21-17-32)30(37)27-24-26(13-14-28(27)33)35-18-8-3-9-19-35/h5-6,11-14,24H,2-4,7-10,15-23H2,1H3. The van der Waals surface area contributed by atoms with E-state index in [4.69, 9.17) is 16.3 Å². The summed E-state index contributed by atoms with van der Waals surface area (Å²) >= 11 is 6.54. The minimum Gasteiger partial charge on any atom is -0.491 e. The van der Waals surface area contributed by atoms with Crippen molar-refractivity contribution in [2.45, 2.75) is 64.2 Å². The zero-order valence-corrected chi connectivity index (χ0v) is 24.1. The molecule has 210 valence electrons. The van der Waals surface area contributed by atoms with Gasteiger partial charge in [-0.05, 0) is 81.2 Å². The van der Waals surface area contributed by atoms with Crippen LogP contribution in [0.5, 0.6) is 5.75 Å². The number of carbonyl (C=O) groups excluding carboxylic acids is 2. The number of para-hydroxylation sites is 1. The zero-order valence-electron chi connectivity index (χ0n) is 23.3. The van der Waals surface area contributed by atoms with Crippen molar-refractivity contribution in [2.75, 3.05) is 51.3 Å². The number of piperidine rings is 2. The lowest BCUT2D eigenvalue weighted by Gasteiger charge is -2.43. The Hall–Kier alpha value is -2.73. The number of anilines is 1. The molecule has 2 amide bonds. The smallest absolute Gasteiger partial charge is 0.255 e. The van der Waals surface area contributed by atoms with Crippen molar-refractivity contribution in [2.24, 2.45) is 5.41 Å². The molecule has 2 fully saturated rings. The van der Waals surface area contributed by atoms with Crippen LogP contribution in [0, 0.1) is 5.41 Å². The lowest BCUT2D eigenvalue weighted by atomic mass is 9.73. The maximum Gasteiger partial charge on any atom is 0.255 e. The third-order valence-corrected chi connectivity index (χ3v) is 9.30. The van der Waals surface area contributed by atoms with Crippen molar-refractivity contribution in [3.8, 4) is 5.75 Å². The number of aryl methyl sites for hydroxylation is 1. The second-order valence-electron chi connectivity index (χ2n) is 11.5. The van der Waals surface area contributed by atoms with E-state index in [0.717, 1.165) is 56.6 Å². The van der Waals surface area contributed by atoms with Crippen LogP contribution < -0.4 is 9.64 Å². The van der Waals surface area contributed by atoms with Crippen LogP contribution in [0.25, 0.3) is 0 Å². The zero-order chi connectivity index (χ0) is 27.2. The van der Waals surface area contributed by atoms with Gasteiger partial charge in [0, 0.05) is 38.9 Å². The summed E-state index contributed by atoms with van der Waals surface area (Å²) in [5, 5.41) is 0.500. The van der Waals surface area contributed by atoms with Gasteiger partial charge in [0.2, 0.25) is 5.91 Å². The second-order valence-corrected chi connectivity index (χ2v) is 11.9. The molecular formula is C32H42ClN3O3. The molecule has 2 aromatic carbocycles. The first-order chi connectivity index (χ1) is 19.0. The van der Waals surface area contributed by atoms with E-state index >= 15 is 0 Å². The van der Waals surface area contributed by atoms with Crippen molar-refractivity contribution in [1.82, 2.24) is 9.80 Å². The Balaban J connectivity index is 1.26. The predicted octanol–water partition coefficient (Wildman–Crippen LogP) is 6.21. The van der Waals surface area contributed by atoms with Gasteiger partial charge in [-0.25, -0.2) is 0 Å². The first-order valence-electron chi connectivity index (χ1n) is 14.8. The number of benzene rings is 2. The summed E-state index contributed by atoms with van der Waals surface area (Å²) in [6, 6.07) is 14.1. The van der Waals surface area contributed by atoms with Gasteiger partial charge in [-0.1, -0.05) is 42.6 Å². The molecule has 39 heavy (non-hydrogen) atoms. The summed E-state index contributed by atoms with van der Waals surface area (Å²) in [5.41, 5.74) is 2.47. The fraction of sp³-hybridized carbons (Fsp3) is 0.562. The fourth-order valence-corrected chi connectivity index (χ4v) is 6.71. The number of fused-ring (bicyclic) bond motifs is 1. The van der Waals surface area contributed by atoms with E-state index in [9.17, 15) is 9.59 Å². The molecule has 7 heteroatoms. The topological polar surface area (TPSA) is 53.1 Å². The Bertz CT molecular complexity index is 1160. The highest BCUT2D eigenvalue weighted by Gasteiger charge is 2.43. The van der Waals surface area contributed by atoms with Gasteiger partial charge in [-0.3, -0.25) is 9.59 Å². The van der Waals surface area contributed by atoms with Crippen LogP contribution in [-0.4, -0.2) is 68.0 Å². The van der Waals surface area contributed by atoms with E-state index in [0.29, 0.717) is 49.7 Å². The molecular weight excluding hydrogens is 510 g/mol. The number of nitrogens with zero attached hydrogens (tertiary/aromatic N) is 3. The van der Waals surface area contributed by atoms with E-state index in [2.05, 4.69) is 17.0 Å². The van der Waals surface area contributed by atoms with Crippen LogP contribution in [0.2, 0.25) is 5.02 Å². The molecule has 0 saturated carbocycles. The highest BCUT2D eigenvalue weighted by atomic mass is 35.5. The first kappa shape index (κ1) is 27.8. The Labute approximate surface area is 238 Å². The average Bonchev–Trinajstić information content (AvgIpc) is 2.98. The van der Waals surface area contributed by atoms with Crippen molar-refractivity contribution in [3.63, 3.8) is 0 Å². The number of hydrogen-bond acceptors (Lipinski definition) is 4. The Kier molecular flexibility index (Phi) is 9.01. The molecule has 0 unspecified atom stereocenters. The summed E-state index contributed by atoms with van der Waals surface area (Å²) in [5.74, 6) is 1.10. The van der Waals surface area contributed by atoms with Gasteiger partial charge in [0.05, 0.1) is 22.5 Å². The molecule has 0 aromatic heterocycles. The van der Waals surface area contributed by atoms with Crippen LogP contribution in [0.15, 0.2) is 42.5 Å². The highest BCUT2D eigenvalue weighted by molar-refractivity contribution is 6.34. The second kappa shape index (κ2) is 12.6. The normalized spacial score (nSPS) is 20.9. The molecule has 0 N–H and O–H groups in total. The summed E-state index contributed by atoms with van der Waals surface area (Å²) in [7, 11) is 1.89. The van der Waals surface area contributed by atoms with Gasteiger partial charge in [-0.15, -0.1) is 0 Å². The summed E-state index contributed by atoms with van der Waals surface area (Å²) in [6.45, 7) is 4.22. The number of rotatable bonds is 2. The average molecular weight is 552 g/mol. The number of halogens is 1. The van der Waals surface area contributed by atoms with Gasteiger partial charge in [0.1, 0.15) is 12.4 Å². The van der Waals surface area contributed by atoms with E-state index in [1.165, 1.54) is 24.8 Å². The first-order valence-corrected chi connectivity index (χ1v) is 15.1. The number of hydrogen-bond donors (Lipinski definition) is 0. The number of carbonyl (C=O) groups is 2. The molecule has 3 aliphatic rings. The molecule has 3 heterocycles. The monoisotopic (exact) mass is 551 g/mol. The van der Waals surface area contributed by atoms with Crippen molar-refractivity contribution in [3.05, 3.63) is 58.6 Å². The molecule has 5 rings (SSSR count). The van der Waals surface area contributed by atoms with Crippen LogP contribution >= 0.6 is 11.6 Å². The van der Waals surface area contributed by atoms with E-state index in [1.807, 2.05) is 47.2 Å². The molecule has 1 spiro atoms. The molecule has 6 nitrogen and oxygen atoms in total. The van der Waals surface area contributed by atoms with Crippen LogP contribution in [0.1, 0.15) is 73.7 Å². The summed E-state index contributed by atoms with van der Waals surface area (Å²) < 4.78 is 6.10. The fourth-order valence-electron chi connectivity index (χ4n) is 6.51. The number of likely N-dealkylation sites (N-methyl/N-ethyl adjacent to an activating group) is 1. The highest BCUT2D eigenvalue weighted by Crippen LogP contribution is 2.40. The van der Waals surface area contributed by atoms with E-state index < -0.39 is 5.41 Å². The summed E-state index contributed by atoms with van der Waals surface area (Å²) in [6.07, 6.45) is 10.0. The van der Waals surface area contributed by atoms with E-state index in [1.54, 1.807) is 0 Å². The molecule has 2 saturated heterocycles. The maximum atomic E-state index is 13.8. The minimum atomic E-state index is -0.425. The van der Waals surface area contributed by atoms with Crippen molar-refractivity contribution in [1.29, 1.82) is 0 Å². The van der Waals surface area contributed by atoms with Crippen molar-refractivity contribution >= 4 is 29.1 Å². The number of ether oxygens (including phenoxy) is 1. The van der Waals surface area contributed by atoms with Gasteiger partial charge in [0.25, 0.3) is 5.91 Å². The third kappa shape index (κ3) is 6.37. The van der Waals surface area contributed by atoms with Crippen LogP contribution in [-0.2, 0) is 11.2 Å². The van der Waals surface area contributed by atoms with Gasteiger partial charge in [0.15, 0.2) is 0 Å². The summed E-state index contributed by atoms with van der Waals surface area (Å²) in [4.78, 5) is 33.6. The largest absolute Gasteiger partial charge is 0.491 e. The predicted molar refractivity (Wildman–Crippen MR) is 157 cm³/mol. The Morgan fingerprint density at radius 1 is 0.872 bits per heavy atom. The Morgan fingerprint density at radius 2 is 1.62 bits per heavy atom. The quantitative estimate of drug-likeness (QED) is 0.445. The molecule has 0 aliphatic carbocycles. The molecule has 0 radical (unpaired) electrons. The SMILES string of the molecule is CN1CCOc2ccccc2CCCCCC2(CCN(C(=O)c3cc(N4CCCCC4)ccc3Cl)CC2)C1=O. The van der Waals surface area contributed by atoms with Crippen molar-refractivity contribution < 1.29 is 14.3 Å². The number of likely N-dealkylation sites (tertiary alicyclic amines) is 1. The molecule has 2 aromatic rings. The third-order valence-electron chi connectivity index (χ3n) is 8.97. The van der Waals surface area contributed by atoms with Gasteiger partial charge >= 0.3 is 0 Å². The maximum absolute atomic E-state index is 13.8. The molecule has 3 aliphatic heterocycles. The number of amides is 2. The van der Waals surface area contributed by atoms with Gasteiger partial charge < -0.3 is 19.4 Å². The van der Waals surface area contributed by atoms with E-state index in [-0.39, 0.29) is 11.8 Å². The van der Waals surface area contributed by atoms with Gasteiger partial charge in [-0.2, -0.15) is 0 Å². The lowest BCUT2D eigenvalue weighted by Crippen LogP contribution is -2.51. The van der Waals surface area contributed by atoms with Crippen LogP contribution in [0.3, 0.4) is 0 Å². The molecule has 0 bridgehead atoms. The lowest BCUT2D eigenvalue weighted by molar-refractivity contribution is -0.144.